The molecule has 2 atom stereocenters. The first kappa shape index (κ1) is 13.0. The molecule has 16 heavy (non-hydrogen) atoms. The summed E-state index contributed by atoms with van der Waals surface area (Å²) in [5, 5.41) is 3.55. The normalized spacial score (nSPS) is 14.2. The van der Waals surface area contributed by atoms with Crippen LogP contribution in [-0.2, 0) is 4.79 Å². The zero-order valence-corrected chi connectivity index (χ0v) is 10.3. The van der Waals surface area contributed by atoms with Crippen molar-refractivity contribution in [3.8, 4) is 0 Å². The van der Waals surface area contributed by atoms with Crippen LogP contribution in [0.25, 0.3) is 0 Å². The van der Waals surface area contributed by atoms with Gasteiger partial charge in [-0.05, 0) is 31.0 Å². The fraction of sp³-hybridized carbons (Fsp3) is 0.417. The van der Waals surface area contributed by atoms with Crippen LogP contribution in [-0.4, -0.2) is 11.9 Å². The summed E-state index contributed by atoms with van der Waals surface area (Å²) in [5.41, 5.74) is 6.65. The number of hydrogen-bond donors (Lipinski definition) is 2. The molecule has 1 amide bonds. The lowest BCUT2D eigenvalue weighted by atomic mass is 10.1. The molecule has 0 heterocycles. The van der Waals surface area contributed by atoms with E-state index in [9.17, 15) is 4.79 Å². The third-order valence-electron chi connectivity index (χ3n) is 2.51. The summed E-state index contributed by atoms with van der Waals surface area (Å²) in [5.74, 6) is -0.120. The Hall–Kier alpha value is -1.06. The van der Waals surface area contributed by atoms with Gasteiger partial charge in [-0.25, -0.2) is 0 Å². The zero-order chi connectivity index (χ0) is 12.1. The number of nitrogens with two attached hydrogens (primary N) is 1. The number of benzene rings is 1. The van der Waals surface area contributed by atoms with Crippen LogP contribution in [0.1, 0.15) is 31.9 Å². The maximum atomic E-state index is 11.6. The van der Waals surface area contributed by atoms with Gasteiger partial charge in [-0.2, -0.15) is 0 Å². The zero-order valence-electron chi connectivity index (χ0n) is 9.53. The number of nitrogens with one attached hydrogen (secondary N) is 1. The Morgan fingerprint density at radius 1 is 1.44 bits per heavy atom. The van der Waals surface area contributed by atoms with Crippen molar-refractivity contribution >= 4 is 17.5 Å². The first-order valence-corrected chi connectivity index (χ1v) is 5.73. The van der Waals surface area contributed by atoms with E-state index in [2.05, 4.69) is 5.32 Å². The molecule has 0 bridgehead atoms. The topological polar surface area (TPSA) is 55.1 Å². The lowest BCUT2D eigenvalue weighted by Crippen LogP contribution is -2.41. The summed E-state index contributed by atoms with van der Waals surface area (Å²) in [6.45, 7) is 3.81. The third-order valence-corrected chi connectivity index (χ3v) is 2.76. The van der Waals surface area contributed by atoms with Gasteiger partial charge in [0, 0.05) is 5.02 Å². The van der Waals surface area contributed by atoms with Gasteiger partial charge in [0.1, 0.15) is 0 Å². The van der Waals surface area contributed by atoms with Gasteiger partial charge in [-0.15, -0.1) is 0 Å². The molecule has 1 rings (SSSR count). The summed E-state index contributed by atoms with van der Waals surface area (Å²) < 4.78 is 0. The SMILES string of the molecule is CC[C@@H](N)C(=O)N[C@H](C)c1ccc(Cl)cc1. The Balaban J connectivity index is 2.62. The van der Waals surface area contributed by atoms with Crippen molar-refractivity contribution in [3.63, 3.8) is 0 Å². The largest absolute Gasteiger partial charge is 0.348 e. The molecule has 3 N–H and O–H groups in total. The number of amides is 1. The van der Waals surface area contributed by atoms with E-state index in [0.29, 0.717) is 11.4 Å². The Kier molecular flexibility index (Phi) is 4.77. The fourth-order valence-corrected chi connectivity index (χ4v) is 1.47. The summed E-state index contributed by atoms with van der Waals surface area (Å²) in [7, 11) is 0. The second-order valence-corrected chi connectivity index (χ2v) is 4.23. The van der Waals surface area contributed by atoms with E-state index in [-0.39, 0.29) is 11.9 Å². The number of carbonyl (C=O) groups excluding carboxylic acids is 1. The standard InChI is InChI=1S/C12H17ClN2O/c1-3-11(14)12(16)15-8(2)9-4-6-10(13)7-5-9/h4-8,11H,3,14H2,1-2H3,(H,15,16)/t8-,11-/m1/s1. The average Bonchev–Trinajstić information content (AvgIpc) is 2.28. The van der Waals surface area contributed by atoms with E-state index in [4.69, 9.17) is 17.3 Å². The van der Waals surface area contributed by atoms with Crippen LogP contribution in [0.2, 0.25) is 5.02 Å². The van der Waals surface area contributed by atoms with Crippen LogP contribution in [0.5, 0.6) is 0 Å². The van der Waals surface area contributed by atoms with Crippen molar-refractivity contribution in [1.82, 2.24) is 5.32 Å². The molecule has 0 saturated heterocycles. The minimum atomic E-state index is -0.435. The van der Waals surface area contributed by atoms with Gasteiger partial charge in [0.15, 0.2) is 0 Å². The fourth-order valence-electron chi connectivity index (χ4n) is 1.34. The molecular weight excluding hydrogens is 224 g/mol. The van der Waals surface area contributed by atoms with Gasteiger partial charge in [-0.3, -0.25) is 4.79 Å². The van der Waals surface area contributed by atoms with Crippen LogP contribution in [0.15, 0.2) is 24.3 Å². The monoisotopic (exact) mass is 240 g/mol. The Morgan fingerprint density at radius 2 is 2.00 bits per heavy atom. The highest BCUT2D eigenvalue weighted by Gasteiger charge is 2.14. The number of rotatable bonds is 4. The second kappa shape index (κ2) is 5.87. The Morgan fingerprint density at radius 3 is 2.50 bits per heavy atom. The van der Waals surface area contributed by atoms with Crippen LogP contribution in [0.3, 0.4) is 0 Å². The Labute approximate surface area is 101 Å². The molecule has 0 aromatic heterocycles. The van der Waals surface area contributed by atoms with Crippen LogP contribution >= 0.6 is 11.6 Å². The minimum absolute atomic E-state index is 0.0534. The van der Waals surface area contributed by atoms with Gasteiger partial charge in [-0.1, -0.05) is 30.7 Å². The molecule has 0 aliphatic heterocycles. The van der Waals surface area contributed by atoms with E-state index in [0.717, 1.165) is 5.56 Å². The van der Waals surface area contributed by atoms with Crippen molar-refractivity contribution in [2.75, 3.05) is 0 Å². The molecule has 88 valence electrons. The van der Waals surface area contributed by atoms with Crippen molar-refractivity contribution in [1.29, 1.82) is 0 Å². The molecule has 4 heteroatoms. The quantitative estimate of drug-likeness (QED) is 0.848. The molecule has 0 saturated carbocycles. The third kappa shape index (κ3) is 3.51. The predicted octanol–water partition coefficient (Wildman–Crippen LogP) is 2.25. The lowest BCUT2D eigenvalue weighted by molar-refractivity contribution is -0.123. The molecule has 0 aliphatic carbocycles. The molecule has 0 radical (unpaired) electrons. The van der Waals surface area contributed by atoms with Crippen molar-refractivity contribution < 1.29 is 4.79 Å². The van der Waals surface area contributed by atoms with Crippen LogP contribution < -0.4 is 11.1 Å². The van der Waals surface area contributed by atoms with Gasteiger partial charge in [0.25, 0.3) is 0 Å². The first-order valence-electron chi connectivity index (χ1n) is 5.36. The van der Waals surface area contributed by atoms with E-state index in [1.165, 1.54) is 0 Å². The van der Waals surface area contributed by atoms with E-state index in [1.807, 2.05) is 26.0 Å². The average molecular weight is 241 g/mol. The summed E-state index contributed by atoms with van der Waals surface area (Å²) in [6.07, 6.45) is 0.638. The summed E-state index contributed by atoms with van der Waals surface area (Å²) >= 11 is 5.79. The van der Waals surface area contributed by atoms with E-state index >= 15 is 0 Å². The maximum Gasteiger partial charge on any atom is 0.237 e. The number of halogens is 1. The molecule has 0 unspecified atom stereocenters. The van der Waals surface area contributed by atoms with Crippen molar-refractivity contribution in [2.45, 2.75) is 32.4 Å². The van der Waals surface area contributed by atoms with Gasteiger partial charge < -0.3 is 11.1 Å². The van der Waals surface area contributed by atoms with Crippen LogP contribution in [0.4, 0.5) is 0 Å². The summed E-state index contributed by atoms with van der Waals surface area (Å²) in [6, 6.07) is 6.91. The molecule has 0 fully saturated rings. The molecule has 1 aromatic rings. The van der Waals surface area contributed by atoms with Crippen LogP contribution in [0, 0.1) is 0 Å². The summed E-state index contributed by atoms with van der Waals surface area (Å²) in [4.78, 5) is 11.6. The van der Waals surface area contributed by atoms with Crippen molar-refractivity contribution in [2.24, 2.45) is 5.73 Å². The number of hydrogen-bond acceptors (Lipinski definition) is 2. The lowest BCUT2D eigenvalue weighted by Gasteiger charge is -2.17. The highest BCUT2D eigenvalue weighted by atomic mass is 35.5. The minimum Gasteiger partial charge on any atom is -0.348 e. The molecular formula is C12H17ClN2O. The van der Waals surface area contributed by atoms with Gasteiger partial charge >= 0.3 is 0 Å². The first-order chi connectivity index (χ1) is 7.54. The second-order valence-electron chi connectivity index (χ2n) is 3.80. The van der Waals surface area contributed by atoms with E-state index < -0.39 is 6.04 Å². The highest BCUT2D eigenvalue weighted by molar-refractivity contribution is 6.30. The predicted molar refractivity (Wildman–Crippen MR) is 66.3 cm³/mol. The Bertz CT molecular complexity index is 351. The van der Waals surface area contributed by atoms with Crippen molar-refractivity contribution in [3.05, 3.63) is 34.9 Å². The number of carbonyl (C=O) groups is 1. The van der Waals surface area contributed by atoms with Gasteiger partial charge in [0.2, 0.25) is 5.91 Å². The molecule has 0 spiro atoms. The molecule has 1 aromatic carbocycles. The smallest absolute Gasteiger partial charge is 0.237 e. The van der Waals surface area contributed by atoms with Gasteiger partial charge in [0.05, 0.1) is 12.1 Å². The van der Waals surface area contributed by atoms with E-state index in [1.54, 1.807) is 12.1 Å². The highest BCUT2D eigenvalue weighted by Crippen LogP contribution is 2.15. The molecule has 0 aliphatic rings. The molecule has 3 nitrogen and oxygen atoms in total. The maximum absolute atomic E-state index is 11.6.